The molecule has 0 radical (unpaired) electrons. The Morgan fingerprint density at radius 1 is 0.870 bits per heavy atom. The third-order valence-electron chi connectivity index (χ3n) is 3.71. The average molecular weight is 304 g/mol. The molecule has 5 heteroatoms. The molecule has 4 rings (SSSR count). The van der Waals surface area contributed by atoms with Gasteiger partial charge >= 0.3 is 0 Å². The van der Waals surface area contributed by atoms with Crippen molar-refractivity contribution in [2.75, 3.05) is 0 Å². The van der Waals surface area contributed by atoms with Gasteiger partial charge in [0.15, 0.2) is 5.65 Å². The van der Waals surface area contributed by atoms with Crippen LogP contribution in [0.3, 0.4) is 0 Å². The van der Waals surface area contributed by atoms with E-state index in [4.69, 9.17) is 0 Å². The van der Waals surface area contributed by atoms with Crippen molar-refractivity contribution >= 4 is 11.2 Å². The molecule has 0 unspecified atom stereocenters. The molecule has 4 nitrogen and oxygen atoms in total. The second-order valence-electron chi connectivity index (χ2n) is 5.26. The van der Waals surface area contributed by atoms with E-state index in [1.165, 1.54) is 12.1 Å². The predicted octanol–water partition coefficient (Wildman–Crippen LogP) is 3.68. The summed E-state index contributed by atoms with van der Waals surface area (Å²) in [6.07, 6.45) is 3.29. The van der Waals surface area contributed by atoms with Crippen LogP contribution in [-0.4, -0.2) is 19.5 Å². The van der Waals surface area contributed by atoms with Crippen molar-refractivity contribution in [1.29, 1.82) is 0 Å². The van der Waals surface area contributed by atoms with Gasteiger partial charge in [-0.1, -0.05) is 42.5 Å². The first-order chi connectivity index (χ1) is 11.3. The van der Waals surface area contributed by atoms with E-state index in [9.17, 15) is 4.39 Å². The van der Waals surface area contributed by atoms with E-state index in [1.807, 2.05) is 34.9 Å². The van der Waals surface area contributed by atoms with E-state index in [-0.39, 0.29) is 5.82 Å². The Labute approximate surface area is 132 Å². The maximum Gasteiger partial charge on any atom is 0.164 e. The largest absolute Gasteiger partial charge is 0.311 e. The Hall–Kier alpha value is -3.08. The van der Waals surface area contributed by atoms with Gasteiger partial charge in [-0.25, -0.2) is 19.3 Å². The van der Waals surface area contributed by atoms with Crippen molar-refractivity contribution in [3.8, 4) is 11.3 Å². The summed E-state index contributed by atoms with van der Waals surface area (Å²) in [6.45, 7) is 0.585. The fourth-order valence-corrected chi connectivity index (χ4v) is 2.59. The van der Waals surface area contributed by atoms with Crippen LogP contribution >= 0.6 is 0 Å². The summed E-state index contributed by atoms with van der Waals surface area (Å²) in [6, 6.07) is 16.4. The Morgan fingerprint density at radius 2 is 1.65 bits per heavy atom. The number of nitrogens with zero attached hydrogens (tertiary/aromatic N) is 4. The fourth-order valence-electron chi connectivity index (χ4n) is 2.59. The molecule has 0 bridgehead atoms. The Kier molecular flexibility index (Phi) is 3.31. The van der Waals surface area contributed by atoms with Crippen LogP contribution in [0.25, 0.3) is 22.4 Å². The number of benzene rings is 2. The zero-order valence-electron chi connectivity index (χ0n) is 12.2. The van der Waals surface area contributed by atoms with Gasteiger partial charge in [-0.2, -0.15) is 0 Å². The molecule has 0 N–H and O–H groups in total. The van der Waals surface area contributed by atoms with E-state index in [2.05, 4.69) is 15.0 Å². The molecule has 0 amide bonds. The Morgan fingerprint density at radius 3 is 2.43 bits per heavy atom. The van der Waals surface area contributed by atoms with Crippen molar-refractivity contribution in [2.24, 2.45) is 0 Å². The van der Waals surface area contributed by atoms with E-state index in [0.29, 0.717) is 6.54 Å². The minimum Gasteiger partial charge on any atom is -0.311 e. The first-order valence-corrected chi connectivity index (χ1v) is 7.27. The molecule has 4 aromatic rings. The molecular weight excluding hydrogens is 291 g/mol. The van der Waals surface area contributed by atoms with Crippen LogP contribution in [0, 0.1) is 5.82 Å². The third-order valence-corrected chi connectivity index (χ3v) is 3.71. The number of imidazole rings is 1. The first-order valence-electron chi connectivity index (χ1n) is 7.27. The topological polar surface area (TPSA) is 43.6 Å². The lowest BCUT2D eigenvalue weighted by atomic mass is 10.1. The van der Waals surface area contributed by atoms with Gasteiger partial charge in [0.1, 0.15) is 23.4 Å². The van der Waals surface area contributed by atoms with Gasteiger partial charge in [-0.05, 0) is 17.7 Å². The van der Waals surface area contributed by atoms with Crippen LogP contribution in [0.4, 0.5) is 4.39 Å². The minimum atomic E-state index is -0.238. The molecule has 0 atom stereocenters. The van der Waals surface area contributed by atoms with Gasteiger partial charge in [0, 0.05) is 5.56 Å². The van der Waals surface area contributed by atoms with Crippen molar-refractivity contribution in [3.05, 3.63) is 78.6 Å². The van der Waals surface area contributed by atoms with Crippen LogP contribution < -0.4 is 0 Å². The van der Waals surface area contributed by atoms with Gasteiger partial charge in [-0.15, -0.1) is 0 Å². The smallest absolute Gasteiger partial charge is 0.164 e. The standard InChI is InChI=1S/C18H13FN4/c19-15-8-6-13(7-9-15)10-23-12-22-17-16(20-11-21-18(17)23)14-4-2-1-3-5-14/h1-9,11-12H,10H2. The van der Waals surface area contributed by atoms with E-state index in [1.54, 1.807) is 24.8 Å². The number of rotatable bonds is 3. The third kappa shape index (κ3) is 2.57. The van der Waals surface area contributed by atoms with Crippen molar-refractivity contribution < 1.29 is 4.39 Å². The second kappa shape index (κ2) is 5.61. The number of halogens is 1. The minimum absolute atomic E-state index is 0.238. The first kappa shape index (κ1) is 13.6. The number of aromatic nitrogens is 4. The molecule has 0 aliphatic heterocycles. The summed E-state index contributed by atoms with van der Waals surface area (Å²) in [5.74, 6) is -0.238. The number of hydrogen-bond acceptors (Lipinski definition) is 3. The summed E-state index contributed by atoms with van der Waals surface area (Å²) >= 11 is 0. The van der Waals surface area contributed by atoms with Crippen LogP contribution in [0.1, 0.15) is 5.56 Å². The molecule has 0 aliphatic rings. The van der Waals surface area contributed by atoms with Gasteiger partial charge in [-0.3, -0.25) is 0 Å². The van der Waals surface area contributed by atoms with Gasteiger partial charge < -0.3 is 4.57 Å². The monoisotopic (exact) mass is 304 g/mol. The summed E-state index contributed by atoms with van der Waals surface area (Å²) in [4.78, 5) is 13.2. The highest BCUT2D eigenvalue weighted by molar-refractivity contribution is 5.86. The van der Waals surface area contributed by atoms with Crippen molar-refractivity contribution in [1.82, 2.24) is 19.5 Å². The molecular formula is C18H13FN4. The van der Waals surface area contributed by atoms with Crippen molar-refractivity contribution in [3.63, 3.8) is 0 Å². The molecule has 0 aliphatic carbocycles. The lowest BCUT2D eigenvalue weighted by Crippen LogP contribution is -2.00. The quantitative estimate of drug-likeness (QED) is 0.580. The molecule has 0 fully saturated rings. The van der Waals surface area contributed by atoms with Crippen LogP contribution in [0.15, 0.2) is 67.3 Å². The lowest BCUT2D eigenvalue weighted by Gasteiger charge is -2.05. The SMILES string of the molecule is Fc1ccc(Cn2cnc3c(-c4ccccc4)ncnc32)cc1. The number of fused-ring (bicyclic) bond motifs is 1. The Bertz CT molecular complexity index is 946. The molecule has 0 spiro atoms. The highest BCUT2D eigenvalue weighted by atomic mass is 19.1. The molecule has 0 saturated heterocycles. The second-order valence-corrected chi connectivity index (χ2v) is 5.26. The zero-order chi connectivity index (χ0) is 15.6. The van der Waals surface area contributed by atoms with Crippen LogP contribution in [0.2, 0.25) is 0 Å². The van der Waals surface area contributed by atoms with Gasteiger partial charge in [0.05, 0.1) is 12.9 Å². The molecule has 2 heterocycles. The Balaban J connectivity index is 1.77. The van der Waals surface area contributed by atoms with Gasteiger partial charge in [0.25, 0.3) is 0 Å². The summed E-state index contributed by atoms with van der Waals surface area (Å²) in [5, 5.41) is 0. The summed E-state index contributed by atoms with van der Waals surface area (Å²) < 4.78 is 15.0. The van der Waals surface area contributed by atoms with E-state index in [0.717, 1.165) is 28.0 Å². The summed E-state index contributed by atoms with van der Waals surface area (Å²) in [5.41, 5.74) is 4.34. The maximum absolute atomic E-state index is 13.0. The fraction of sp³-hybridized carbons (Fsp3) is 0.0556. The highest BCUT2D eigenvalue weighted by Gasteiger charge is 2.11. The zero-order valence-corrected chi connectivity index (χ0v) is 12.2. The molecule has 0 saturated carbocycles. The maximum atomic E-state index is 13.0. The predicted molar refractivity (Wildman–Crippen MR) is 86.3 cm³/mol. The van der Waals surface area contributed by atoms with Crippen LogP contribution in [-0.2, 0) is 6.54 Å². The normalized spacial score (nSPS) is 11.0. The van der Waals surface area contributed by atoms with Crippen LogP contribution in [0.5, 0.6) is 0 Å². The molecule has 112 valence electrons. The number of hydrogen-bond donors (Lipinski definition) is 0. The van der Waals surface area contributed by atoms with Crippen molar-refractivity contribution in [2.45, 2.75) is 6.54 Å². The summed E-state index contributed by atoms with van der Waals surface area (Å²) in [7, 11) is 0. The van der Waals surface area contributed by atoms with E-state index >= 15 is 0 Å². The molecule has 2 aromatic carbocycles. The average Bonchev–Trinajstić information content (AvgIpc) is 3.01. The van der Waals surface area contributed by atoms with Gasteiger partial charge in [0.2, 0.25) is 0 Å². The molecule has 23 heavy (non-hydrogen) atoms. The lowest BCUT2D eigenvalue weighted by molar-refractivity contribution is 0.626. The molecule has 2 aromatic heterocycles. The van der Waals surface area contributed by atoms with E-state index < -0.39 is 0 Å². The highest BCUT2D eigenvalue weighted by Crippen LogP contribution is 2.24.